The highest BCUT2D eigenvalue weighted by atomic mass is 16.5. The first-order chi connectivity index (χ1) is 10.1. The third-order valence-corrected chi connectivity index (χ3v) is 3.53. The molecule has 0 saturated heterocycles. The Balaban J connectivity index is 2.46. The molecule has 1 N–H and O–H groups in total. The number of hydrogen-bond acceptors (Lipinski definition) is 3. The predicted molar refractivity (Wildman–Crippen MR) is 88.9 cm³/mol. The molecule has 0 aromatic heterocycles. The monoisotopic (exact) mass is 293 g/mol. The summed E-state index contributed by atoms with van der Waals surface area (Å²) in [6.45, 7) is 10.8. The average molecular weight is 293 g/mol. The molecule has 0 amide bonds. The number of benzene rings is 1. The van der Waals surface area contributed by atoms with Crippen molar-refractivity contribution in [2.45, 2.75) is 33.1 Å². The lowest BCUT2D eigenvalue weighted by Crippen LogP contribution is -2.26. The molecule has 1 rings (SSSR count). The van der Waals surface area contributed by atoms with Gasteiger partial charge >= 0.3 is 0 Å². The molecule has 0 aliphatic carbocycles. The van der Waals surface area contributed by atoms with E-state index in [2.05, 4.69) is 50.4 Å². The molecule has 0 aliphatic heterocycles. The first kappa shape index (κ1) is 18.1. The largest absolute Gasteiger partial charge is 0.382 e. The van der Waals surface area contributed by atoms with Crippen LogP contribution < -0.4 is 5.32 Å². The molecule has 0 bridgehead atoms. The maximum absolute atomic E-state index is 5.62. The third kappa shape index (κ3) is 8.20. The Morgan fingerprint density at radius 3 is 2.33 bits per heavy atom. The maximum Gasteiger partial charge on any atom is 0.0700 e. The van der Waals surface area contributed by atoms with Gasteiger partial charge in [0.15, 0.2) is 0 Å². The lowest BCUT2D eigenvalue weighted by molar-refractivity contribution is 0.0669. The SMILES string of the molecule is COCCOCCC(CNCC(C)C)c1ccc(C)cc1. The van der Waals surface area contributed by atoms with Crippen molar-refractivity contribution in [1.82, 2.24) is 5.32 Å². The Hall–Kier alpha value is -0.900. The van der Waals surface area contributed by atoms with Crippen LogP contribution in [0.25, 0.3) is 0 Å². The first-order valence-electron chi connectivity index (χ1n) is 7.97. The molecule has 1 unspecified atom stereocenters. The minimum Gasteiger partial charge on any atom is -0.382 e. The zero-order chi connectivity index (χ0) is 15.5. The Morgan fingerprint density at radius 1 is 1.00 bits per heavy atom. The number of methoxy groups -OCH3 is 1. The van der Waals surface area contributed by atoms with Crippen LogP contribution in [0.15, 0.2) is 24.3 Å². The van der Waals surface area contributed by atoms with E-state index in [-0.39, 0.29) is 0 Å². The van der Waals surface area contributed by atoms with Crippen molar-refractivity contribution in [3.63, 3.8) is 0 Å². The fourth-order valence-electron chi connectivity index (χ4n) is 2.24. The minimum absolute atomic E-state index is 0.506. The fraction of sp³-hybridized carbons (Fsp3) is 0.667. The molecule has 1 aromatic rings. The van der Waals surface area contributed by atoms with Crippen molar-refractivity contribution >= 4 is 0 Å². The molecule has 0 fully saturated rings. The van der Waals surface area contributed by atoms with Gasteiger partial charge in [-0.2, -0.15) is 0 Å². The van der Waals surface area contributed by atoms with Crippen molar-refractivity contribution in [2.75, 3.05) is 40.0 Å². The molecule has 3 heteroatoms. The summed E-state index contributed by atoms with van der Waals surface area (Å²) in [6, 6.07) is 8.87. The number of ether oxygens (including phenoxy) is 2. The van der Waals surface area contributed by atoms with Gasteiger partial charge in [0.2, 0.25) is 0 Å². The zero-order valence-electron chi connectivity index (χ0n) is 14.0. The van der Waals surface area contributed by atoms with E-state index in [0.717, 1.165) is 26.1 Å². The Bertz CT molecular complexity index is 362. The van der Waals surface area contributed by atoms with Crippen LogP contribution in [0.2, 0.25) is 0 Å². The summed E-state index contributed by atoms with van der Waals surface area (Å²) >= 11 is 0. The lowest BCUT2D eigenvalue weighted by Gasteiger charge is -2.19. The van der Waals surface area contributed by atoms with E-state index in [1.165, 1.54) is 11.1 Å². The second kappa shape index (κ2) is 10.8. The molecular weight excluding hydrogens is 262 g/mol. The van der Waals surface area contributed by atoms with Crippen LogP contribution in [0.5, 0.6) is 0 Å². The van der Waals surface area contributed by atoms with Crippen LogP contribution in [0.1, 0.15) is 37.3 Å². The van der Waals surface area contributed by atoms with Gasteiger partial charge in [-0.3, -0.25) is 0 Å². The van der Waals surface area contributed by atoms with Crippen molar-refractivity contribution in [3.05, 3.63) is 35.4 Å². The highest BCUT2D eigenvalue weighted by Gasteiger charge is 2.11. The molecule has 0 heterocycles. The second-order valence-corrected chi connectivity index (χ2v) is 6.05. The number of nitrogens with one attached hydrogen (secondary N) is 1. The molecule has 0 spiro atoms. The van der Waals surface area contributed by atoms with Gasteiger partial charge in [0.25, 0.3) is 0 Å². The summed E-state index contributed by atoms with van der Waals surface area (Å²) in [6.07, 6.45) is 1.04. The first-order valence-corrected chi connectivity index (χ1v) is 7.97. The van der Waals surface area contributed by atoms with E-state index in [4.69, 9.17) is 9.47 Å². The van der Waals surface area contributed by atoms with Crippen LogP contribution in [0, 0.1) is 12.8 Å². The minimum atomic E-state index is 0.506. The van der Waals surface area contributed by atoms with E-state index in [9.17, 15) is 0 Å². The average Bonchev–Trinajstić information content (AvgIpc) is 2.46. The van der Waals surface area contributed by atoms with Gasteiger partial charge < -0.3 is 14.8 Å². The Morgan fingerprint density at radius 2 is 1.71 bits per heavy atom. The van der Waals surface area contributed by atoms with Crippen molar-refractivity contribution < 1.29 is 9.47 Å². The highest BCUT2D eigenvalue weighted by Crippen LogP contribution is 2.19. The second-order valence-electron chi connectivity index (χ2n) is 6.05. The summed E-state index contributed by atoms with van der Waals surface area (Å²) in [5, 5.41) is 3.57. The molecule has 3 nitrogen and oxygen atoms in total. The lowest BCUT2D eigenvalue weighted by atomic mass is 9.95. The molecule has 1 atom stereocenters. The molecule has 120 valence electrons. The summed E-state index contributed by atoms with van der Waals surface area (Å²) in [7, 11) is 1.70. The van der Waals surface area contributed by atoms with Gasteiger partial charge in [0.1, 0.15) is 0 Å². The summed E-state index contributed by atoms with van der Waals surface area (Å²) in [5.41, 5.74) is 2.70. The van der Waals surface area contributed by atoms with Crippen molar-refractivity contribution in [3.8, 4) is 0 Å². The van der Waals surface area contributed by atoms with Gasteiger partial charge in [-0.25, -0.2) is 0 Å². The van der Waals surface area contributed by atoms with Crippen molar-refractivity contribution in [2.24, 2.45) is 5.92 Å². The van der Waals surface area contributed by atoms with Crippen LogP contribution in [0.3, 0.4) is 0 Å². The molecule has 21 heavy (non-hydrogen) atoms. The Labute approximate surface area is 130 Å². The van der Waals surface area contributed by atoms with Gasteiger partial charge in [0, 0.05) is 20.3 Å². The molecule has 0 aliphatic rings. The van der Waals surface area contributed by atoms with E-state index in [0.29, 0.717) is 25.0 Å². The fourth-order valence-corrected chi connectivity index (χ4v) is 2.24. The van der Waals surface area contributed by atoms with E-state index >= 15 is 0 Å². The smallest absolute Gasteiger partial charge is 0.0700 e. The summed E-state index contributed by atoms with van der Waals surface area (Å²) in [4.78, 5) is 0. The predicted octanol–water partition coefficient (Wildman–Crippen LogP) is 3.38. The van der Waals surface area contributed by atoms with Gasteiger partial charge in [-0.05, 0) is 37.3 Å². The maximum atomic E-state index is 5.62. The van der Waals surface area contributed by atoms with Crippen LogP contribution >= 0.6 is 0 Å². The number of aryl methyl sites for hydroxylation is 1. The molecular formula is C18H31NO2. The molecule has 0 radical (unpaired) electrons. The van der Waals surface area contributed by atoms with Gasteiger partial charge in [0.05, 0.1) is 13.2 Å². The van der Waals surface area contributed by atoms with E-state index in [1.807, 2.05) is 0 Å². The van der Waals surface area contributed by atoms with Crippen LogP contribution in [-0.4, -0.2) is 40.0 Å². The topological polar surface area (TPSA) is 30.5 Å². The standard InChI is InChI=1S/C18H31NO2/c1-15(2)13-19-14-18(9-10-21-12-11-20-4)17-7-5-16(3)6-8-17/h5-8,15,18-19H,9-14H2,1-4H3. The highest BCUT2D eigenvalue weighted by molar-refractivity contribution is 5.24. The van der Waals surface area contributed by atoms with E-state index < -0.39 is 0 Å². The Kier molecular flexibility index (Phi) is 9.31. The zero-order valence-corrected chi connectivity index (χ0v) is 14.0. The molecule has 1 aromatic carbocycles. The third-order valence-electron chi connectivity index (χ3n) is 3.53. The van der Waals surface area contributed by atoms with E-state index in [1.54, 1.807) is 7.11 Å². The summed E-state index contributed by atoms with van der Waals surface area (Å²) in [5.74, 6) is 1.19. The van der Waals surface area contributed by atoms with Crippen LogP contribution in [-0.2, 0) is 9.47 Å². The molecule has 0 saturated carbocycles. The quantitative estimate of drug-likeness (QED) is 0.635. The van der Waals surface area contributed by atoms with Gasteiger partial charge in [-0.15, -0.1) is 0 Å². The van der Waals surface area contributed by atoms with Crippen molar-refractivity contribution in [1.29, 1.82) is 0 Å². The van der Waals surface area contributed by atoms with Gasteiger partial charge in [-0.1, -0.05) is 43.7 Å². The number of hydrogen-bond donors (Lipinski definition) is 1. The number of rotatable bonds is 11. The normalized spacial score (nSPS) is 12.8. The van der Waals surface area contributed by atoms with Crippen LogP contribution in [0.4, 0.5) is 0 Å². The summed E-state index contributed by atoms with van der Waals surface area (Å²) < 4.78 is 10.6.